The zero-order valence-electron chi connectivity index (χ0n) is 7.17. The van der Waals surface area contributed by atoms with Crippen LogP contribution in [0.4, 0.5) is 13.2 Å². The molecule has 0 bridgehead atoms. The summed E-state index contributed by atoms with van der Waals surface area (Å²) in [5.41, 5.74) is 0.603. The maximum absolute atomic E-state index is 12.3. The van der Waals surface area contributed by atoms with Gasteiger partial charge in [0.1, 0.15) is 0 Å². The van der Waals surface area contributed by atoms with Crippen LogP contribution in [0.3, 0.4) is 0 Å². The highest BCUT2D eigenvalue weighted by Crippen LogP contribution is 2.35. The first kappa shape index (κ1) is 9.93. The van der Waals surface area contributed by atoms with Crippen molar-refractivity contribution in [1.29, 1.82) is 5.26 Å². The molecular formula is C9H3F3N2S. The molecule has 0 aliphatic carbocycles. The average molecular weight is 228 g/mol. The standard InChI is InChI=1S/C9H3F3N2S/c10-9(11,12)8-14-6-2-1-5(4-13)3-7(6)15-8/h1-3H. The topological polar surface area (TPSA) is 36.7 Å². The van der Waals surface area contributed by atoms with Crippen LogP contribution in [0.2, 0.25) is 0 Å². The molecule has 2 nitrogen and oxygen atoms in total. The number of thiazole rings is 1. The van der Waals surface area contributed by atoms with Crippen LogP contribution in [0.25, 0.3) is 10.2 Å². The number of nitrogens with zero attached hydrogens (tertiary/aromatic N) is 2. The van der Waals surface area contributed by atoms with E-state index in [1.807, 2.05) is 6.07 Å². The smallest absolute Gasteiger partial charge is 0.232 e. The van der Waals surface area contributed by atoms with E-state index in [2.05, 4.69) is 4.98 Å². The van der Waals surface area contributed by atoms with Gasteiger partial charge in [0.05, 0.1) is 21.8 Å². The first-order chi connectivity index (χ1) is 7.00. The van der Waals surface area contributed by atoms with Crippen molar-refractivity contribution in [3.8, 4) is 6.07 Å². The van der Waals surface area contributed by atoms with Crippen LogP contribution in [0.15, 0.2) is 18.2 Å². The van der Waals surface area contributed by atoms with Crippen LogP contribution in [0.5, 0.6) is 0 Å². The van der Waals surface area contributed by atoms with Gasteiger partial charge in [0.15, 0.2) is 5.01 Å². The van der Waals surface area contributed by atoms with E-state index < -0.39 is 11.2 Å². The van der Waals surface area contributed by atoms with Gasteiger partial charge in [-0.05, 0) is 18.2 Å². The Hall–Kier alpha value is -1.61. The monoisotopic (exact) mass is 228 g/mol. The fourth-order valence-electron chi connectivity index (χ4n) is 1.12. The first-order valence-electron chi connectivity index (χ1n) is 3.88. The lowest BCUT2D eigenvalue weighted by Gasteiger charge is -1.98. The normalized spacial score (nSPS) is 11.6. The fourth-order valence-corrected chi connectivity index (χ4v) is 1.99. The minimum absolute atomic E-state index is 0.270. The SMILES string of the molecule is N#Cc1ccc2nc(C(F)(F)F)sc2c1. The summed E-state index contributed by atoms with van der Waals surface area (Å²) in [6.07, 6.45) is -4.42. The molecule has 1 heterocycles. The molecule has 2 rings (SSSR count). The molecule has 0 N–H and O–H groups in total. The van der Waals surface area contributed by atoms with Crippen LogP contribution in [-0.4, -0.2) is 4.98 Å². The van der Waals surface area contributed by atoms with Crippen molar-refractivity contribution in [2.45, 2.75) is 6.18 Å². The lowest BCUT2D eigenvalue weighted by Crippen LogP contribution is -2.03. The Morgan fingerprint density at radius 2 is 2.07 bits per heavy atom. The van der Waals surface area contributed by atoms with Gasteiger partial charge in [-0.2, -0.15) is 18.4 Å². The van der Waals surface area contributed by atoms with Crippen molar-refractivity contribution >= 4 is 21.6 Å². The van der Waals surface area contributed by atoms with Crippen molar-refractivity contribution in [2.75, 3.05) is 0 Å². The van der Waals surface area contributed by atoms with Gasteiger partial charge in [0.25, 0.3) is 0 Å². The second kappa shape index (κ2) is 3.21. The average Bonchev–Trinajstić information content (AvgIpc) is 2.59. The third-order valence-electron chi connectivity index (χ3n) is 1.76. The number of hydrogen-bond donors (Lipinski definition) is 0. The van der Waals surface area contributed by atoms with Crippen LogP contribution in [-0.2, 0) is 6.18 Å². The molecule has 0 spiro atoms. The highest BCUT2D eigenvalue weighted by Gasteiger charge is 2.34. The Morgan fingerprint density at radius 1 is 1.33 bits per heavy atom. The second-order valence-corrected chi connectivity index (χ2v) is 3.84. The predicted octanol–water partition coefficient (Wildman–Crippen LogP) is 3.19. The Labute approximate surface area is 86.6 Å². The van der Waals surface area contributed by atoms with E-state index in [1.165, 1.54) is 18.2 Å². The zero-order valence-corrected chi connectivity index (χ0v) is 7.99. The highest BCUT2D eigenvalue weighted by molar-refractivity contribution is 7.18. The van der Waals surface area contributed by atoms with E-state index in [1.54, 1.807) is 0 Å². The van der Waals surface area contributed by atoms with Gasteiger partial charge >= 0.3 is 6.18 Å². The zero-order chi connectivity index (χ0) is 11.1. The van der Waals surface area contributed by atoms with Gasteiger partial charge < -0.3 is 0 Å². The number of nitriles is 1. The number of rotatable bonds is 0. The number of hydrogen-bond acceptors (Lipinski definition) is 3. The molecule has 2 aromatic rings. The molecule has 1 aromatic carbocycles. The molecule has 0 radical (unpaired) electrons. The van der Waals surface area contributed by atoms with Crippen LogP contribution >= 0.6 is 11.3 Å². The van der Waals surface area contributed by atoms with Crippen LogP contribution in [0, 0.1) is 11.3 Å². The molecular weight excluding hydrogens is 225 g/mol. The molecule has 0 saturated carbocycles. The van der Waals surface area contributed by atoms with Crippen LogP contribution < -0.4 is 0 Å². The number of aromatic nitrogens is 1. The maximum Gasteiger partial charge on any atom is 0.443 e. The number of halogens is 3. The summed E-state index contributed by atoms with van der Waals surface area (Å²) >= 11 is 0.547. The van der Waals surface area contributed by atoms with E-state index >= 15 is 0 Å². The Kier molecular flexibility index (Phi) is 2.12. The third-order valence-corrected chi connectivity index (χ3v) is 2.82. The molecule has 0 amide bonds. The predicted molar refractivity (Wildman–Crippen MR) is 49.3 cm³/mol. The van der Waals surface area contributed by atoms with E-state index in [0.717, 1.165) is 0 Å². The van der Waals surface area contributed by atoms with Crippen molar-refractivity contribution in [2.24, 2.45) is 0 Å². The van der Waals surface area contributed by atoms with Crippen LogP contribution in [0.1, 0.15) is 10.6 Å². The van der Waals surface area contributed by atoms with E-state index in [9.17, 15) is 13.2 Å². The minimum Gasteiger partial charge on any atom is -0.232 e. The first-order valence-corrected chi connectivity index (χ1v) is 4.70. The second-order valence-electron chi connectivity index (χ2n) is 2.81. The molecule has 0 saturated heterocycles. The summed E-state index contributed by atoms with van der Waals surface area (Å²) in [6, 6.07) is 6.13. The molecule has 0 aliphatic rings. The minimum atomic E-state index is -4.42. The van der Waals surface area contributed by atoms with Gasteiger partial charge in [-0.25, -0.2) is 4.98 Å². The van der Waals surface area contributed by atoms with Crippen molar-refractivity contribution in [3.05, 3.63) is 28.8 Å². The van der Waals surface area contributed by atoms with Gasteiger partial charge in [0, 0.05) is 0 Å². The quantitative estimate of drug-likeness (QED) is 0.694. The van der Waals surface area contributed by atoms with Gasteiger partial charge in [-0.1, -0.05) is 0 Å². The summed E-state index contributed by atoms with van der Waals surface area (Å²) in [5.74, 6) is 0. The third kappa shape index (κ3) is 1.78. The Balaban J connectivity index is 2.62. The van der Waals surface area contributed by atoms with Crippen molar-refractivity contribution in [1.82, 2.24) is 4.98 Å². The molecule has 15 heavy (non-hydrogen) atoms. The van der Waals surface area contributed by atoms with E-state index in [0.29, 0.717) is 21.6 Å². The van der Waals surface area contributed by atoms with Crippen molar-refractivity contribution < 1.29 is 13.2 Å². The molecule has 0 fully saturated rings. The lowest BCUT2D eigenvalue weighted by molar-refractivity contribution is -0.137. The molecule has 6 heteroatoms. The Bertz CT molecular complexity index is 550. The number of alkyl halides is 3. The largest absolute Gasteiger partial charge is 0.443 e. The Morgan fingerprint density at radius 3 is 2.67 bits per heavy atom. The maximum atomic E-state index is 12.3. The molecule has 0 unspecified atom stereocenters. The highest BCUT2D eigenvalue weighted by atomic mass is 32.1. The molecule has 0 aliphatic heterocycles. The number of benzene rings is 1. The van der Waals surface area contributed by atoms with E-state index in [-0.39, 0.29) is 5.52 Å². The number of fused-ring (bicyclic) bond motifs is 1. The molecule has 0 atom stereocenters. The fraction of sp³-hybridized carbons (Fsp3) is 0.111. The molecule has 76 valence electrons. The summed E-state index contributed by atoms with van der Waals surface area (Å²) < 4.78 is 37.3. The van der Waals surface area contributed by atoms with Gasteiger partial charge in [-0.3, -0.25) is 0 Å². The van der Waals surface area contributed by atoms with Gasteiger partial charge in [-0.15, -0.1) is 11.3 Å². The molecule has 1 aromatic heterocycles. The lowest BCUT2D eigenvalue weighted by atomic mass is 10.2. The summed E-state index contributed by atoms with van der Waals surface area (Å²) in [5, 5.41) is 7.69. The summed E-state index contributed by atoms with van der Waals surface area (Å²) in [4.78, 5) is 3.44. The van der Waals surface area contributed by atoms with Gasteiger partial charge in [0.2, 0.25) is 0 Å². The van der Waals surface area contributed by atoms with E-state index in [4.69, 9.17) is 5.26 Å². The summed E-state index contributed by atoms with van der Waals surface area (Å²) in [6.45, 7) is 0. The van der Waals surface area contributed by atoms with Crippen molar-refractivity contribution in [3.63, 3.8) is 0 Å². The summed E-state index contributed by atoms with van der Waals surface area (Å²) in [7, 11) is 0.